The summed E-state index contributed by atoms with van der Waals surface area (Å²) in [6, 6.07) is 11.4. The Hall–Kier alpha value is -2.43. The quantitative estimate of drug-likeness (QED) is 0.916. The lowest BCUT2D eigenvalue weighted by Gasteiger charge is -2.07. The molecule has 0 unspecified atom stereocenters. The molecule has 1 N–H and O–H groups in total. The minimum atomic E-state index is -0.797. The molecule has 0 spiro atoms. The lowest BCUT2D eigenvalue weighted by Crippen LogP contribution is -2.14. The lowest BCUT2D eigenvalue weighted by molar-refractivity contribution is 0.155. The molecule has 0 atom stereocenters. The molecule has 0 aromatic heterocycles. The van der Waals surface area contributed by atoms with Crippen LogP contribution in [0.15, 0.2) is 48.5 Å². The van der Waals surface area contributed by atoms with Crippen molar-refractivity contribution in [3.63, 3.8) is 0 Å². The van der Waals surface area contributed by atoms with Crippen LogP contribution in [0.5, 0.6) is 0 Å². The Labute approximate surface area is 108 Å². The lowest BCUT2D eigenvalue weighted by atomic mass is 10.2. The molecule has 1 amide bonds. The van der Waals surface area contributed by atoms with Crippen LogP contribution in [0.3, 0.4) is 0 Å². The van der Waals surface area contributed by atoms with Crippen molar-refractivity contribution < 1.29 is 18.3 Å². The van der Waals surface area contributed by atoms with Gasteiger partial charge in [-0.1, -0.05) is 24.3 Å². The molecule has 0 fully saturated rings. The summed E-state index contributed by atoms with van der Waals surface area (Å²) in [4.78, 5) is 11.4. The summed E-state index contributed by atoms with van der Waals surface area (Å²) in [5.41, 5.74) is 0.551. The number of para-hydroxylation sites is 1. The fourth-order valence-corrected chi connectivity index (χ4v) is 1.48. The number of carbonyl (C=O) groups excluding carboxylic acids is 1. The normalized spacial score (nSPS) is 10.0. The van der Waals surface area contributed by atoms with Gasteiger partial charge in [-0.15, -0.1) is 0 Å². The van der Waals surface area contributed by atoms with Crippen molar-refractivity contribution in [2.75, 3.05) is 5.32 Å². The number of anilines is 1. The van der Waals surface area contributed by atoms with Crippen LogP contribution in [-0.2, 0) is 11.3 Å². The topological polar surface area (TPSA) is 38.3 Å². The Morgan fingerprint density at radius 1 is 1.11 bits per heavy atom. The van der Waals surface area contributed by atoms with Gasteiger partial charge in [0, 0.05) is 0 Å². The minimum Gasteiger partial charge on any atom is -0.444 e. The highest BCUT2D eigenvalue weighted by atomic mass is 19.1. The van der Waals surface area contributed by atoms with Gasteiger partial charge in [0.15, 0.2) is 0 Å². The summed E-state index contributed by atoms with van der Waals surface area (Å²) >= 11 is 0. The standard InChI is InChI=1S/C14H11F2NO2/c15-11-5-3-4-10(8-11)9-19-14(18)17-13-7-2-1-6-12(13)16/h1-8H,9H2,(H,17,18). The number of amides is 1. The summed E-state index contributed by atoms with van der Waals surface area (Å²) in [5, 5.41) is 2.27. The largest absolute Gasteiger partial charge is 0.444 e. The molecule has 2 aromatic carbocycles. The molecule has 0 aliphatic heterocycles. The minimum absolute atomic E-state index is 0.0340. The monoisotopic (exact) mass is 263 g/mol. The molecule has 19 heavy (non-hydrogen) atoms. The molecule has 0 aliphatic rings. The van der Waals surface area contributed by atoms with Crippen LogP contribution in [0.1, 0.15) is 5.56 Å². The number of halogens is 2. The average molecular weight is 263 g/mol. The Bertz CT molecular complexity index is 587. The third kappa shape index (κ3) is 3.77. The molecular weight excluding hydrogens is 252 g/mol. The first-order chi connectivity index (χ1) is 9.15. The fourth-order valence-electron chi connectivity index (χ4n) is 1.48. The molecule has 98 valence electrons. The number of nitrogens with one attached hydrogen (secondary N) is 1. The van der Waals surface area contributed by atoms with Crippen LogP contribution >= 0.6 is 0 Å². The fraction of sp³-hybridized carbons (Fsp3) is 0.0714. The van der Waals surface area contributed by atoms with Crippen molar-refractivity contribution in [1.29, 1.82) is 0 Å². The summed E-state index contributed by atoms with van der Waals surface area (Å²) < 4.78 is 31.0. The summed E-state index contributed by atoms with van der Waals surface area (Å²) in [7, 11) is 0. The second kappa shape index (κ2) is 5.95. The molecule has 3 nitrogen and oxygen atoms in total. The van der Waals surface area contributed by atoms with E-state index in [0.717, 1.165) is 0 Å². The van der Waals surface area contributed by atoms with Crippen molar-refractivity contribution in [3.8, 4) is 0 Å². The summed E-state index contributed by atoms with van der Waals surface area (Å²) in [5.74, 6) is -0.958. The van der Waals surface area contributed by atoms with E-state index in [9.17, 15) is 13.6 Å². The van der Waals surface area contributed by atoms with E-state index in [1.54, 1.807) is 12.1 Å². The third-order valence-electron chi connectivity index (χ3n) is 2.37. The number of ether oxygens (including phenoxy) is 1. The molecular formula is C14H11F2NO2. The molecule has 0 heterocycles. The van der Waals surface area contributed by atoms with E-state index in [0.29, 0.717) is 5.56 Å². The second-order valence-electron chi connectivity index (χ2n) is 3.81. The maximum Gasteiger partial charge on any atom is 0.412 e. The average Bonchev–Trinajstić information content (AvgIpc) is 2.39. The first-order valence-electron chi connectivity index (χ1n) is 5.58. The van der Waals surface area contributed by atoms with Gasteiger partial charge in [-0.05, 0) is 29.8 Å². The predicted octanol–water partition coefficient (Wildman–Crippen LogP) is 3.71. The third-order valence-corrected chi connectivity index (χ3v) is 2.37. The van der Waals surface area contributed by atoms with Crippen molar-refractivity contribution >= 4 is 11.8 Å². The Morgan fingerprint density at radius 2 is 1.89 bits per heavy atom. The Morgan fingerprint density at radius 3 is 2.63 bits per heavy atom. The SMILES string of the molecule is O=C(Nc1ccccc1F)OCc1cccc(F)c1. The molecule has 2 aromatic rings. The highest BCUT2D eigenvalue weighted by Gasteiger charge is 2.07. The number of hydrogen-bond acceptors (Lipinski definition) is 2. The zero-order valence-corrected chi connectivity index (χ0v) is 9.90. The molecule has 0 saturated carbocycles. The van der Waals surface area contributed by atoms with Crippen LogP contribution in [0.25, 0.3) is 0 Å². The van der Waals surface area contributed by atoms with Crippen LogP contribution < -0.4 is 5.32 Å². The van der Waals surface area contributed by atoms with Gasteiger partial charge >= 0.3 is 6.09 Å². The summed E-state index contributed by atoms with van der Waals surface area (Å²) in [6.45, 7) is -0.0853. The number of benzene rings is 2. The molecule has 0 bridgehead atoms. The van der Waals surface area contributed by atoms with Gasteiger partial charge in [0.25, 0.3) is 0 Å². The molecule has 2 rings (SSSR count). The highest BCUT2D eigenvalue weighted by molar-refractivity contribution is 5.84. The van der Waals surface area contributed by atoms with Gasteiger partial charge in [-0.25, -0.2) is 13.6 Å². The van der Waals surface area contributed by atoms with Crippen molar-refractivity contribution in [3.05, 3.63) is 65.7 Å². The van der Waals surface area contributed by atoms with Gasteiger partial charge in [-0.3, -0.25) is 5.32 Å². The van der Waals surface area contributed by atoms with Crippen molar-refractivity contribution in [2.45, 2.75) is 6.61 Å². The van der Waals surface area contributed by atoms with Crippen LogP contribution in [0, 0.1) is 11.6 Å². The van der Waals surface area contributed by atoms with Gasteiger partial charge in [0.1, 0.15) is 18.2 Å². The first kappa shape index (κ1) is 13.0. The zero-order chi connectivity index (χ0) is 13.7. The maximum absolute atomic E-state index is 13.2. The van der Waals surface area contributed by atoms with E-state index in [1.165, 1.54) is 36.4 Å². The van der Waals surface area contributed by atoms with Gasteiger partial charge < -0.3 is 4.74 Å². The predicted molar refractivity (Wildman–Crippen MR) is 66.6 cm³/mol. The van der Waals surface area contributed by atoms with E-state index in [4.69, 9.17) is 4.74 Å². The van der Waals surface area contributed by atoms with E-state index in [-0.39, 0.29) is 12.3 Å². The molecule has 5 heteroatoms. The van der Waals surface area contributed by atoms with Crippen LogP contribution in [0.2, 0.25) is 0 Å². The first-order valence-corrected chi connectivity index (χ1v) is 5.58. The van der Waals surface area contributed by atoms with Crippen LogP contribution in [0.4, 0.5) is 19.3 Å². The Kier molecular flexibility index (Phi) is 4.07. The molecule has 0 radical (unpaired) electrons. The van der Waals surface area contributed by atoms with E-state index >= 15 is 0 Å². The van der Waals surface area contributed by atoms with Crippen molar-refractivity contribution in [2.24, 2.45) is 0 Å². The van der Waals surface area contributed by atoms with Gasteiger partial charge in [-0.2, -0.15) is 0 Å². The Balaban J connectivity index is 1.90. The maximum atomic E-state index is 13.2. The van der Waals surface area contributed by atoms with Gasteiger partial charge in [0.05, 0.1) is 5.69 Å². The number of rotatable bonds is 3. The second-order valence-corrected chi connectivity index (χ2v) is 3.81. The summed E-state index contributed by atoms with van der Waals surface area (Å²) in [6.07, 6.45) is -0.797. The number of hydrogen-bond donors (Lipinski definition) is 1. The van der Waals surface area contributed by atoms with Gasteiger partial charge in [0.2, 0.25) is 0 Å². The zero-order valence-electron chi connectivity index (χ0n) is 9.90. The molecule has 0 aliphatic carbocycles. The smallest absolute Gasteiger partial charge is 0.412 e. The van der Waals surface area contributed by atoms with Crippen LogP contribution in [-0.4, -0.2) is 6.09 Å². The molecule has 0 saturated heterocycles. The van der Waals surface area contributed by atoms with E-state index in [2.05, 4.69) is 5.32 Å². The van der Waals surface area contributed by atoms with E-state index in [1.807, 2.05) is 0 Å². The van der Waals surface area contributed by atoms with Crippen molar-refractivity contribution in [1.82, 2.24) is 0 Å². The number of carbonyl (C=O) groups is 1. The van der Waals surface area contributed by atoms with E-state index < -0.39 is 17.7 Å². The highest BCUT2D eigenvalue weighted by Crippen LogP contribution is 2.13.